The van der Waals surface area contributed by atoms with E-state index in [0.717, 1.165) is 6.07 Å². The summed E-state index contributed by atoms with van der Waals surface area (Å²) in [6, 6.07) is 9.50. The van der Waals surface area contributed by atoms with Crippen LogP contribution in [0.3, 0.4) is 0 Å². The van der Waals surface area contributed by atoms with Gasteiger partial charge in [-0.25, -0.2) is 4.79 Å². The third-order valence-electron chi connectivity index (χ3n) is 2.98. The molecule has 1 N–H and O–H groups in total. The number of nitrogens with one attached hydrogen (secondary N) is 1. The Morgan fingerprint density at radius 3 is 2.48 bits per heavy atom. The minimum atomic E-state index is -0.831. The molecule has 0 unspecified atom stereocenters. The average molecular weight is 365 g/mol. The number of halogens is 1. The molecule has 0 aliphatic heterocycles. The van der Waals surface area contributed by atoms with Crippen LogP contribution in [-0.4, -0.2) is 23.6 Å². The van der Waals surface area contributed by atoms with Crippen molar-refractivity contribution in [3.63, 3.8) is 0 Å². The van der Waals surface area contributed by atoms with Crippen molar-refractivity contribution in [2.45, 2.75) is 6.92 Å². The van der Waals surface area contributed by atoms with Gasteiger partial charge in [0, 0.05) is 17.8 Å². The van der Waals surface area contributed by atoms with E-state index < -0.39 is 17.0 Å². The predicted octanol–water partition coefficient (Wildman–Crippen LogP) is 4.04. The zero-order chi connectivity index (χ0) is 18.4. The molecule has 2 aromatic rings. The maximum atomic E-state index is 12.2. The minimum Gasteiger partial charge on any atom is -0.434 e. The fraction of sp³-hybridized carbons (Fsp3) is 0.125. The highest BCUT2D eigenvalue weighted by Crippen LogP contribution is 2.24. The van der Waals surface area contributed by atoms with Gasteiger partial charge in [0.25, 0.3) is 11.6 Å². The first kappa shape index (κ1) is 18.2. The smallest absolute Gasteiger partial charge is 0.434 e. The summed E-state index contributed by atoms with van der Waals surface area (Å²) in [6.45, 7) is 1.84. The lowest BCUT2D eigenvalue weighted by atomic mass is 10.2. The molecular formula is C16H13ClN2O6. The van der Waals surface area contributed by atoms with Gasteiger partial charge in [-0.3, -0.25) is 14.9 Å². The molecule has 0 bridgehead atoms. The Bertz CT molecular complexity index is 807. The maximum absolute atomic E-state index is 12.2. The number of hydrogen-bond donors (Lipinski definition) is 1. The molecule has 2 rings (SSSR count). The molecule has 1 amide bonds. The summed E-state index contributed by atoms with van der Waals surface area (Å²) in [6.07, 6.45) is -0.831. The Morgan fingerprint density at radius 1 is 1.20 bits per heavy atom. The number of amides is 1. The van der Waals surface area contributed by atoms with Crippen molar-refractivity contribution >= 4 is 35.0 Å². The second kappa shape index (κ2) is 8.11. The molecule has 9 heteroatoms. The molecule has 2 aromatic carbocycles. The fourth-order valence-corrected chi connectivity index (χ4v) is 2.05. The number of non-ortho nitro benzene ring substituents is 1. The van der Waals surface area contributed by atoms with Gasteiger partial charge in [0.15, 0.2) is 0 Å². The van der Waals surface area contributed by atoms with E-state index in [1.807, 2.05) is 0 Å². The van der Waals surface area contributed by atoms with Crippen LogP contribution >= 0.6 is 11.6 Å². The second-order valence-corrected chi connectivity index (χ2v) is 5.09. The molecule has 0 saturated heterocycles. The summed E-state index contributed by atoms with van der Waals surface area (Å²) in [7, 11) is 0. The number of benzene rings is 2. The van der Waals surface area contributed by atoms with Crippen molar-refractivity contribution in [1.82, 2.24) is 0 Å². The fourth-order valence-electron chi connectivity index (χ4n) is 1.85. The summed E-state index contributed by atoms with van der Waals surface area (Å²) in [4.78, 5) is 33.6. The largest absolute Gasteiger partial charge is 0.513 e. The van der Waals surface area contributed by atoms with Gasteiger partial charge in [-0.15, -0.1) is 0 Å². The van der Waals surface area contributed by atoms with E-state index in [1.165, 1.54) is 36.4 Å². The molecule has 0 fully saturated rings. The van der Waals surface area contributed by atoms with Crippen LogP contribution in [0.5, 0.6) is 5.75 Å². The van der Waals surface area contributed by atoms with Crippen molar-refractivity contribution in [3.05, 3.63) is 63.2 Å². The lowest BCUT2D eigenvalue weighted by Crippen LogP contribution is -2.13. The van der Waals surface area contributed by atoms with Gasteiger partial charge in [0.2, 0.25) is 0 Å². The number of rotatable bonds is 5. The number of nitro benzene ring substituents is 1. The summed E-state index contributed by atoms with van der Waals surface area (Å²) in [5.41, 5.74) is 0.124. The van der Waals surface area contributed by atoms with Crippen LogP contribution in [0.25, 0.3) is 0 Å². The molecule has 0 heterocycles. The van der Waals surface area contributed by atoms with Crippen molar-refractivity contribution in [3.8, 4) is 5.75 Å². The molecule has 0 spiro atoms. The molecule has 0 aliphatic rings. The van der Waals surface area contributed by atoms with Crippen LogP contribution in [0, 0.1) is 10.1 Å². The summed E-state index contributed by atoms with van der Waals surface area (Å²) in [5, 5.41) is 13.4. The Morgan fingerprint density at radius 2 is 1.88 bits per heavy atom. The van der Waals surface area contributed by atoms with E-state index >= 15 is 0 Å². The number of carbonyl (C=O) groups is 2. The highest BCUT2D eigenvalue weighted by atomic mass is 35.5. The number of nitro groups is 1. The lowest BCUT2D eigenvalue weighted by molar-refractivity contribution is -0.384. The van der Waals surface area contributed by atoms with E-state index in [-0.39, 0.29) is 28.6 Å². The Labute approximate surface area is 147 Å². The number of carbonyl (C=O) groups excluding carboxylic acids is 2. The van der Waals surface area contributed by atoms with Gasteiger partial charge in [-0.05, 0) is 37.3 Å². The summed E-state index contributed by atoms with van der Waals surface area (Å²) in [5.74, 6) is -0.363. The zero-order valence-electron chi connectivity index (χ0n) is 13.0. The Kier molecular flexibility index (Phi) is 5.91. The predicted molar refractivity (Wildman–Crippen MR) is 90.2 cm³/mol. The number of hydrogen-bond acceptors (Lipinski definition) is 6. The Hall–Kier alpha value is -3.13. The highest BCUT2D eigenvalue weighted by Gasteiger charge is 2.16. The van der Waals surface area contributed by atoms with Crippen LogP contribution in [-0.2, 0) is 4.74 Å². The first-order valence-electron chi connectivity index (χ1n) is 7.10. The maximum Gasteiger partial charge on any atom is 0.513 e. The minimum absolute atomic E-state index is 0.0253. The number of ether oxygens (including phenoxy) is 2. The molecule has 0 radical (unpaired) electrons. The SMILES string of the molecule is CCOC(=O)Oc1ccc(NC(=O)c2cc([N+](=O)[O-])ccc2Cl)cc1. The average Bonchev–Trinajstić information content (AvgIpc) is 2.57. The standard InChI is InChI=1S/C16H13ClN2O6/c1-2-24-16(21)25-12-6-3-10(4-7-12)18-15(20)13-9-11(19(22)23)5-8-14(13)17/h3-9H,2H2,1H3,(H,18,20). The van der Waals surface area contributed by atoms with Gasteiger partial charge in [-0.2, -0.15) is 0 Å². The van der Waals surface area contributed by atoms with E-state index in [2.05, 4.69) is 10.1 Å². The van der Waals surface area contributed by atoms with E-state index in [4.69, 9.17) is 16.3 Å². The quantitative estimate of drug-likeness (QED) is 0.371. The van der Waals surface area contributed by atoms with Crippen LogP contribution in [0.15, 0.2) is 42.5 Å². The lowest BCUT2D eigenvalue weighted by Gasteiger charge is -2.08. The Balaban J connectivity index is 2.09. The molecule has 0 aromatic heterocycles. The topological polar surface area (TPSA) is 108 Å². The van der Waals surface area contributed by atoms with Crippen molar-refractivity contribution in [2.75, 3.05) is 11.9 Å². The van der Waals surface area contributed by atoms with Gasteiger partial charge < -0.3 is 14.8 Å². The zero-order valence-corrected chi connectivity index (χ0v) is 13.8. The molecule has 25 heavy (non-hydrogen) atoms. The summed E-state index contributed by atoms with van der Waals surface area (Å²) < 4.78 is 9.53. The van der Waals surface area contributed by atoms with E-state index in [9.17, 15) is 19.7 Å². The van der Waals surface area contributed by atoms with Crippen LogP contribution in [0.4, 0.5) is 16.2 Å². The third-order valence-corrected chi connectivity index (χ3v) is 3.31. The molecule has 8 nitrogen and oxygen atoms in total. The first-order chi connectivity index (χ1) is 11.9. The molecular weight excluding hydrogens is 352 g/mol. The normalized spacial score (nSPS) is 10.0. The highest BCUT2D eigenvalue weighted by molar-refractivity contribution is 6.34. The summed E-state index contributed by atoms with van der Waals surface area (Å²) >= 11 is 5.92. The van der Waals surface area contributed by atoms with Gasteiger partial charge in [-0.1, -0.05) is 11.6 Å². The molecule has 130 valence electrons. The molecule has 0 aliphatic carbocycles. The number of anilines is 1. The van der Waals surface area contributed by atoms with Gasteiger partial charge >= 0.3 is 6.16 Å². The second-order valence-electron chi connectivity index (χ2n) is 4.68. The molecule has 0 saturated carbocycles. The van der Waals surface area contributed by atoms with E-state index in [1.54, 1.807) is 6.92 Å². The van der Waals surface area contributed by atoms with Gasteiger partial charge in [0.1, 0.15) is 5.75 Å². The monoisotopic (exact) mass is 364 g/mol. The number of nitrogens with zero attached hydrogens (tertiary/aromatic N) is 1. The van der Waals surface area contributed by atoms with Crippen molar-refractivity contribution < 1.29 is 24.0 Å². The van der Waals surface area contributed by atoms with Crippen LogP contribution in [0.2, 0.25) is 5.02 Å². The van der Waals surface area contributed by atoms with Crippen LogP contribution < -0.4 is 10.1 Å². The van der Waals surface area contributed by atoms with Crippen molar-refractivity contribution in [2.24, 2.45) is 0 Å². The molecule has 0 atom stereocenters. The third kappa shape index (κ3) is 4.92. The van der Waals surface area contributed by atoms with Gasteiger partial charge in [0.05, 0.1) is 22.1 Å². The van der Waals surface area contributed by atoms with Crippen LogP contribution in [0.1, 0.15) is 17.3 Å². The first-order valence-corrected chi connectivity index (χ1v) is 7.48. The van der Waals surface area contributed by atoms with E-state index in [0.29, 0.717) is 5.69 Å². The van der Waals surface area contributed by atoms with Crippen molar-refractivity contribution in [1.29, 1.82) is 0 Å².